The lowest BCUT2D eigenvalue weighted by Gasteiger charge is -2.15. The molecule has 0 amide bonds. The van der Waals surface area contributed by atoms with Crippen LogP contribution in [0.4, 0.5) is 11.5 Å². The number of hydrogen-bond donors (Lipinski definition) is 2. The molecule has 0 saturated heterocycles. The molecule has 0 spiro atoms. The number of nitrogen functional groups attached to an aromatic ring is 1. The van der Waals surface area contributed by atoms with Gasteiger partial charge in [-0.3, -0.25) is 4.68 Å². The molecular weight excluding hydrogens is 220 g/mol. The van der Waals surface area contributed by atoms with E-state index in [0.29, 0.717) is 5.69 Å². The normalized spacial score (nSPS) is 12.6. The van der Waals surface area contributed by atoms with Gasteiger partial charge in [0.05, 0.1) is 11.7 Å². The van der Waals surface area contributed by atoms with Crippen LogP contribution in [0.15, 0.2) is 23.7 Å². The van der Waals surface area contributed by atoms with Gasteiger partial charge in [0.1, 0.15) is 0 Å². The van der Waals surface area contributed by atoms with Gasteiger partial charge in [-0.1, -0.05) is 13.0 Å². The largest absolute Gasteiger partial charge is 0.394 e. The SMILES string of the molecule is CCC(Nc1nn(C)cc1N)c1cccs1. The minimum absolute atomic E-state index is 0.289. The van der Waals surface area contributed by atoms with E-state index in [1.807, 2.05) is 13.2 Å². The summed E-state index contributed by atoms with van der Waals surface area (Å²) in [6, 6.07) is 4.48. The summed E-state index contributed by atoms with van der Waals surface area (Å²) in [5.74, 6) is 0.766. The van der Waals surface area contributed by atoms with E-state index in [-0.39, 0.29) is 6.04 Å². The van der Waals surface area contributed by atoms with Crippen LogP contribution in [-0.4, -0.2) is 9.78 Å². The molecule has 0 aliphatic heterocycles. The van der Waals surface area contributed by atoms with Crippen LogP contribution in [0, 0.1) is 0 Å². The Hall–Kier alpha value is -1.49. The number of nitrogens with one attached hydrogen (secondary N) is 1. The molecule has 3 N–H and O–H groups in total. The molecule has 0 radical (unpaired) electrons. The maximum atomic E-state index is 5.86. The van der Waals surface area contributed by atoms with Crippen molar-refractivity contribution in [3.05, 3.63) is 28.6 Å². The molecule has 4 nitrogen and oxygen atoms in total. The second-order valence-corrected chi connectivity index (χ2v) is 4.71. The highest BCUT2D eigenvalue weighted by Crippen LogP contribution is 2.27. The molecular formula is C11H16N4S. The zero-order chi connectivity index (χ0) is 11.5. The first-order valence-corrected chi connectivity index (χ1v) is 6.17. The first kappa shape index (κ1) is 11.0. The van der Waals surface area contributed by atoms with Crippen LogP contribution in [-0.2, 0) is 7.05 Å². The van der Waals surface area contributed by atoms with E-state index < -0.39 is 0 Å². The topological polar surface area (TPSA) is 55.9 Å². The molecule has 0 aliphatic rings. The second-order valence-electron chi connectivity index (χ2n) is 3.73. The first-order valence-electron chi connectivity index (χ1n) is 5.29. The van der Waals surface area contributed by atoms with Gasteiger partial charge in [-0.15, -0.1) is 11.3 Å². The van der Waals surface area contributed by atoms with Gasteiger partial charge in [0.25, 0.3) is 0 Å². The molecule has 0 fully saturated rings. The summed E-state index contributed by atoms with van der Waals surface area (Å²) >= 11 is 1.75. The molecule has 86 valence electrons. The molecule has 0 bridgehead atoms. The second kappa shape index (κ2) is 4.57. The number of nitrogens with zero attached hydrogens (tertiary/aromatic N) is 2. The number of rotatable bonds is 4. The fourth-order valence-corrected chi connectivity index (χ4v) is 2.51. The number of thiophene rings is 1. The molecule has 0 aromatic carbocycles. The lowest BCUT2D eigenvalue weighted by molar-refractivity contribution is 0.733. The minimum atomic E-state index is 0.289. The number of aromatic nitrogens is 2. The van der Waals surface area contributed by atoms with E-state index in [0.717, 1.165) is 12.2 Å². The fourth-order valence-electron chi connectivity index (χ4n) is 1.65. The van der Waals surface area contributed by atoms with Gasteiger partial charge in [-0.05, 0) is 17.9 Å². The fraction of sp³-hybridized carbons (Fsp3) is 0.364. The summed E-state index contributed by atoms with van der Waals surface area (Å²) in [7, 11) is 1.87. The average Bonchev–Trinajstić information content (AvgIpc) is 2.85. The summed E-state index contributed by atoms with van der Waals surface area (Å²) < 4.78 is 1.72. The van der Waals surface area contributed by atoms with Crippen LogP contribution in [0.5, 0.6) is 0 Å². The zero-order valence-corrected chi connectivity index (χ0v) is 10.3. The number of anilines is 2. The molecule has 1 unspecified atom stereocenters. The maximum absolute atomic E-state index is 5.86. The maximum Gasteiger partial charge on any atom is 0.171 e. The van der Waals surface area contributed by atoms with E-state index in [9.17, 15) is 0 Å². The third-order valence-corrected chi connectivity index (χ3v) is 3.45. The standard InChI is InChI=1S/C11H16N4S/c1-3-9(10-5-4-6-16-10)13-11-8(12)7-15(2)14-11/h4-7,9H,3,12H2,1-2H3,(H,13,14). The van der Waals surface area contributed by atoms with E-state index >= 15 is 0 Å². The van der Waals surface area contributed by atoms with E-state index in [1.165, 1.54) is 4.88 Å². The van der Waals surface area contributed by atoms with Crippen molar-refractivity contribution in [3.63, 3.8) is 0 Å². The Labute approximate surface area is 99.1 Å². The minimum Gasteiger partial charge on any atom is -0.394 e. The Bertz CT molecular complexity index is 447. The molecule has 2 aromatic rings. The van der Waals surface area contributed by atoms with Crippen molar-refractivity contribution < 1.29 is 0 Å². The summed E-state index contributed by atoms with van der Waals surface area (Å²) in [5, 5.41) is 9.75. The molecule has 16 heavy (non-hydrogen) atoms. The van der Waals surface area contributed by atoms with Gasteiger partial charge in [0.15, 0.2) is 5.82 Å². The predicted octanol–water partition coefficient (Wildman–Crippen LogP) is 2.63. The van der Waals surface area contributed by atoms with Crippen LogP contribution in [0.1, 0.15) is 24.3 Å². The highest BCUT2D eigenvalue weighted by Gasteiger charge is 2.13. The van der Waals surface area contributed by atoms with Gasteiger partial charge in [0.2, 0.25) is 0 Å². The lowest BCUT2D eigenvalue weighted by atomic mass is 10.2. The number of nitrogens with two attached hydrogens (primary N) is 1. The summed E-state index contributed by atoms with van der Waals surface area (Å²) in [6.45, 7) is 2.15. The summed E-state index contributed by atoms with van der Waals surface area (Å²) in [5.41, 5.74) is 6.55. The average molecular weight is 236 g/mol. The molecule has 2 aromatic heterocycles. The Morgan fingerprint density at radius 1 is 1.62 bits per heavy atom. The summed E-state index contributed by atoms with van der Waals surface area (Å²) in [6.07, 6.45) is 2.82. The van der Waals surface area contributed by atoms with E-state index in [2.05, 4.69) is 34.9 Å². The van der Waals surface area contributed by atoms with Crippen LogP contribution >= 0.6 is 11.3 Å². The van der Waals surface area contributed by atoms with Crippen LogP contribution in [0.2, 0.25) is 0 Å². The monoisotopic (exact) mass is 236 g/mol. The Kier molecular flexibility index (Phi) is 3.14. The quantitative estimate of drug-likeness (QED) is 0.858. The van der Waals surface area contributed by atoms with E-state index in [4.69, 9.17) is 5.73 Å². The molecule has 0 aliphatic carbocycles. The van der Waals surface area contributed by atoms with Gasteiger partial charge in [-0.2, -0.15) is 5.10 Å². The Morgan fingerprint density at radius 2 is 2.44 bits per heavy atom. The van der Waals surface area contributed by atoms with Crippen molar-refractivity contribution >= 4 is 22.8 Å². The van der Waals surface area contributed by atoms with Crippen molar-refractivity contribution in [2.24, 2.45) is 7.05 Å². The highest BCUT2D eigenvalue weighted by molar-refractivity contribution is 7.10. The third-order valence-electron chi connectivity index (χ3n) is 2.46. The predicted molar refractivity (Wildman–Crippen MR) is 68.6 cm³/mol. The number of aryl methyl sites for hydroxylation is 1. The molecule has 2 heterocycles. The zero-order valence-electron chi connectivity index (χ0n) is 9.47. The van der Waals surface area contributed by atoms with Gasteiger partial charge < -0.3 is 11.1 Å². The van der Waals surface area contributed by atoms with Crippen molar-refractivity contribution in [2.75, 3.05) is 11.1 Å². The summed E-state index contributed by atoms with van der Waals surface area (Å²) in [4.78, 5) is 1.31. The van der Waals surface area contributed by atoms with E-state index in [1.54, 1.807) is 16.0 Å². The van der Waals surface area contributed by atoms with Gasteiger partial charge in [0, 0.05) is 18.1 Å². The molecule has 1 atom stereocenters. The van der Waals surface area contributed by atoms with Crippen molar-refractivity contribution in [1.29, 1.82) is 0 Å². The molecule has 2 rings (SSSR count). The van der Waals surface area contributed by atoms with Crippen LogP contribution in [0.25, 0.3) is 0 Å². The molecule has 5 heteroatoms. The first-order chi connectivity index (χ1) is 7.70. The van der Waals surface area contributed by atoms with Crippen molar-refractivity contribution in [2.45, 2.75) is 19.4 Å². The molecule has 0 saturated carbocycles. The Balaban J connectivity index is 2.16. The highest BCUT2D eigenvalue weighted by atomic mass is 32.1. The number of hydrogen-bond acceptors (Lipinski definition) is 4. The smallest absolute Gasteiger partial charge is 0.171 e. The third kappa shape index (κ3) is 2.19. The van der Waals surface area contributed by atoms with Crippen LogP contribution in [0.3, 0.4) is 0 Å². The van der Waals surface area contributed by atoms with Gasteiger partial charge >= 0.3 is 0 Å². The van der Waals surface area contributed by atoms with Gasteiger partial charge in [-0.25, -0.2) is 0 Å². The van der Waals surface area contributed by atoms with Crippen LogP contribution < -0.4 is 11.1 Å². The van der Waals surface area contributed by atoms with Crippen molar-refractivity contribution in [1.82, 2.24) is 9.78 Å². The lowest BCUT2D eigenvalue weighted by Crippen LogP contribution is -2.09. The Morgan fingerprint density at radius 3 is 2.94 bits per heavy atom. The van der Waals surface area contributed by atoms with Crippen molar-refractivity contribution in [3.8, 4) is 0 Å².